The maximum absolute atomic E-state index is 6.52. The van der Waals surface area contributed by atoms with Crippen molar-refractivity contribution >= 4 is 45.5 Å². The summed E-state index contributed by atoms with van der Waals surface area (Å²) < 4.78 is 5.87. The number of nitrogens with zero attached hydrogens (tertiary/aromatic N) is 4. The van der Waals surface area contributed by atoms with Gasteiger partial charge in [-0.1, -0.05) is 17.7 Å². The Balaban J connectivity index is 1.33. The second-order valence-corrected chi connectivity index (χ2v) is 9.94. The van der Waals surface area contributed by atoms with Crippen molar-refractivity contribution in [3.8, 4) is 5.75 Å². The summed E-state index contributed by atoms with van der Waals surface area (Å²) in [4.78, 5) is 19.2. The first-order chi connectivity index (χ1) is 16.6. The predicted molar refractivity (Wildman–Crippen MR) is 138 cm³/mol. The minimum Gasteiger partial charge on any atom is -0.486 e. The highest BCUT2D eigenvalue weighted by molar-refractivity contribution is 7.09. The van der Waals surface area contributed by atoms with Crippen LogP contribution in [0.15, 0.2) is 48.8 Å². The molecule has 2 N–H and O–H groups in total. The number of thiazole rings is 1. The lowest BCUT2D eigenvalue weighted by Crippen LogP contribution is -2.32. The van der Waals surface area contributed by atoms with Gasteiger partial charge >= 0.3 is 0 Å². The fourth-order valence-corrected chi connectivity index (χ4v) is 5.30. The molecule has 9 heteroatoms. The molecule has 4 aromatic rings. The van der Waals surface area contributed by atoms with Crippen molar-refractivity contribution in [3.63, 3.8) is 0 Å². The molecular formula is C25H27ClN6OS. The summed E-state index contributed by atoms with van der Waals surface area (Å²) in [7, 11) is 0. The summed E-state index contributed by atoms with van der Waals surface area (Å²) in [5.74, 6) is 1.87. The minimum atomic E-state index is 0.391. The van der Waals surface area contributed by atoms with Crippen LogP contribution in [0.25, 0.3) is 11.0 Å². The van der Waals surface area contributed by atoms with E-state index in [0.29, 0.717) is 23.3 Å². The molecular weight excluding hydrogens is 468 g/mol. The van der Waals surface area contributed by atoms with Crippen molar-refractivity contribution in [2.75, 3.05) is 25.0 Å². The average Bonchev–Trinajstić information content (AvgIpc) is 3.46. The molecule has 0 unspecified atom stereocenters. The average molecular weight is 495 g/mol. The summed E-state index contributed by atoms with van der Waals surface area (Å²) in [6.45, 7) is 9.31. The summed E-state index contributed by atoms with van der Waals surface area (Å²) in [5, 5.41) is 8.03. The highest BCUT2D eigenvalue weighted by atomic mass is 35.5. The lowest BCUT2D eigenvalue weighted by molar-refractivity contribution is 0.233. The van der Waals surface area contributed by atoms with Crippen molar-refractivity contribution in [2.24, 2.45) is 0 Å². The van der Waals surface area contributed by atoms with Crippen molar-refractivity contribution in [3.05, 3.63) is 70.0 Å². The first kappa shape index (κ1) is 22.8. The number of H-pyrrole nitrogens is 1. The Labute approximate surface area is 207 Å². The number of piperidine rings is 1. The molecule has 0 amide bonds. The lowest BCUT2D eigenvalue weighted by Gasteiger charge is -2.31. The number of anilines is 2. The number of aromatic nitrogens is 4. The largest absolute Gasteiger partial charge is 0.486 e. The molecule has 5 rings (SSSR count). The molecule has 34 heavy (non-hydrogen) atoms. The summed E-state index contributed by atoms with van der Waals surface area (Å²) in [6.07, 6.45) is 7.84. The second-order valence-electron chi connectivity index (χ2n) is 8.47. The highest BCUT2D eigenvalue weighted by Crippen LogP contribution is 2.37. The van der Waals surface area contributed by atoms with E-state index in [1.165, 1.54) is 5.56 Å². The Morgan fingerprint density at radius 3 is 2.91 bits per heavy atom. The molecule has 0 aliphatic carbocycles. The molecule has 0 bridgehead atoms. The van der Waals surface area contributed by atoms with Gasteiger partial charge in [-0.3, -0.25) is 4.90 Å². The Hall–Kier alpha value is -2.94. The number of hydrogen-bond donors (Lipinski definition) is 2. The van der Waals surface area contributed by atoms with Crippen LogP contribution in [0, 0.1) is 6.92 Å². The van der Waals surface area contributed by atoms with Crippen molar-refractivity contribution in [2.45, 2.75) is 32.3 Å². The molecule has 0 radical (unpaired) electrons. The molecule has 7 nitrogen and oxygen atoms in total. The zero-order valence-corrected chi connectivity index (χ0v) is 20.6. The van der Waals surface area contributed by atoms with E-state index in [1.54, 1.807) is 17.7 Å². The van der Waals surface area contributed by atoms with E-state index in [1.807, 2.05) is 36.6 Å². The zero-order chi connectivity index (χ0) is 23.5. The third kappa shape index (κ3) is 4.94. The summed E-state index contributed by atoms with van der Waals surface area (Å²) in [6, 6.07) is 5.68. The van der Waals surface area contributed by atoms with Crippen molar-refractivity contribution in [1.29, 1.82) is 0 Å². The van der Waals surface area contributed by atoms with E-state index in [-0.39, 0.29) is 0 Å². The van der Waals surface area contributed by atoms with E-state index < -0.39 is 0 Å². The minimum absolute atomic E-state index is 0.391. The fraction of sp³-hybridized carbons (Fsp3) is 0.320. The van der Waals surface area contributed by atoms with Crippen LogP contribution in [0.1, 0.15) is 35.0 Å². The normalized spacial score (nSPS) is 15.0. The van der Waals surface area contributed by atoms with Gasteiger partial charge in [0.15, 0.2) is 0 Å². The van der Waals surface area contributed by atoms with Gasteiger partial charge in [0.25, 0.3) is 0 Å². The van der Waals surface area contributed by atoms with E-state index in [0.717, 1.165) is 65.7 Å². The van der Waals surface area contributed by atoms with Gasteiger partial charge in [0.2, 0.25) is 0 Å². The van der Waals surface area contributed by atoms with Crippen LogP contribution in [0.2, 0.25) is 5.02 Å². The summed E-state index contributed by atoms with van der Waals surface area (Å²) >= 11 is 8.13. The Bertz CT molecular complexity index is 1290. The first-order valence-corrected chi connectivity index (χ1v) is 12.6. The number of likely N-dealkylation sites (tertiary alicyclic amines) is 1. The topological polar surface area (TPSA) is 79.0 Å². The lowest BCUT2D eigenvalue weighted by atomic mass is 9.89. The van der Waals surface area contributed by atoms with Gasteiger partial charge < -0.3 is 15.0 Å². The van der Waals surface area contributed by atoms with Crippen molar-refractivity contribution < 1.29 is 4.74 Å². The van der Waals surface area contributed by atoms with Crippen LogP contribution in [-0.4, -0.2) is 44.5 Å². The fourth-order valence-electron chi connectivity index (χ4n) is 4.47. The van der Waals surface area contributed by atoms with Crippen molar-refractivity contribution in [1.82, 2.24) is 24.8 Å². The van der Waals surface area contributed by atoms with Crippen LogP contribution < -0.4 is 10.1 Å². The van der Waals surface area contributed by atoms with Gasteiger partial charge in [-0.15, -0.1) is 17.9 Å². The first-order valence-electron chi connectivity index (χ1n) is 11.4. The van der Waals surface area contributed by atoms with E-state index in [2.05, 4.69) is 42.9 Å². The number of nitrogens with one attached hydrogen (secondary N) is 2. The number of hydrogen-bond acceptors (Lipinski definition) is 7. The molecule has 0 saturated carbocycles. The van der Waals surface area contributed by atoms with Crippen LogP contribution >= 0.6 is 22.9 Å². The smallest absolute Gasteiger partial charge is 0.143 e. The molecule has 1 fully saturated rings. The third-order valence-corrected chi connectivity index (χ3v) is 7.27. The van der Waals surface area contributed by atoms with Gasteiger partial charge in [-0.2, -0.15) is 0 Å². The van der Waals surface area contributed by atoms with Gasteiger partial charge in [0, 0.05) is 23.8 Å². The van der Waals surface area contributed by atoms with E-state index in [9.17, 15) is 0 Å². The van der Waals surface area contributed by atoms with Crippen LogP contribution in [-0.2, 0) is 6.61 Å². The number of aromatic amines is 1. The van der Waals surface area contributed by atoms with Crippen LogP contribution in [0.4, 0.5) is 11.5 Å². The maximum Gasteiger partial charge on any atom is 0.143 e. The molecule has 0 atom stereocenters. The van der Waals surface area contributed by atoms with E-state index >= 15 is 0 Å². The summed E-state index contributed by atoms with van der Waals surface area (Å²) in [5.41, 5.74) is 3.85. The Morgan fingerprint density at radius 2 is 2.18 bits per heavy atom. The molecule has 4 heterocycles. The number of halogens is 1. The molecule has 3 aromatic heterocycles. The van der Waals surface area contributed by atoms with Gasteiger partial charge in [0.1, 0.15) is 30.1 Å². The van der Waals surface area contributed by atoms with Gasteiger partial charge in [-0.25, -0.2) is 15.0 Å². The Morgan fingerprint density at radius 1 is 1.32 bits per heavy atom. The van der Waals surface area contributed by atoms with Crippen LogP contribution in [0.3, 0.4) is 0 Å². The monoisotopic (exact) mass is 494 g/mol. The van der Waals surface area contributed by atoms with Crippen LogP contribution in [0.5, 0.6) is 5.75 Å². The Kier molecular flexibility index (Phi) is 6.80. The molecule has 1 saturated heterocycles. The number of aryl methyl sites for hydroxylation is 1. The highest BCUT2D eigenvalue weighted by Gasteiger charge is 2.24. The van der Waals surface area contributed by atoms with Gasteiger partial charge in [0.05, 0.1) is 21.1 Å². The number of rotatable bonds is 8. The standard InChI is InChI=1S/C25H27ClN6OS/c1-3-8-32-9-6-17(7-10-32)20-12-27-24-23(20)25(29-15-28-24)31-18-4-5-22(21(26)11-18)33-13-19-14-34-16(2)30-19/h3-5,11-12,14-15,17H,1,6-10,13H2,2H3,(H2,27,28,29,31). The number of fused-ring (bicyclic) bond motifs is 1. The molecule has 0 spiro atoms. The maximum atomic E-state index is 6.52. The van der Waals surface area contributed by atoms with Gasteiger partial charge in [-0.05, 0) is 62.5 Å². The molecule has 1 aliphatic rings. The molecule has 1 aliphatic heterocycles. The third-order valence-electron chi connectivity index (χ3n) is 6.15. The number of benzene rings is 1. The van der Waals surface area contributed by atoms with E-state index in [4.69, 9.17) is 16.3 Å². The molecule has 176 valence electrons. The predicted octanol–water partition coefficient (Wildman–Crippen LogP) is 6.06. The SMILES string of the molecule is C=CCN1CCC(c2c[nH]c3ncnc(Nc4ccc(OCc5csc(C)n5)c(Cl)c4)c23)CC1. The quantitative estimate of drug-likeness (QED) is 0.290. The zero-order valence-electron chi connectivity index (χ0n) is 19.1. The number of ether oxygens (including phenoxy) is 1. The molecule has 1 aromatic carbocycles. The second kappa shape index (κ2) is 10.1.